The van der Waals surface area contributed by atoms with Gasteiger partial charge in [-0.25, -0.2) is 9.67 Å². The van der Waals surface area contributed by atoms with Crippen molar-refractivity contribution in [2.75, 3.05) is 12.4 Å². The number of rotatable bonds is 4. The van der Waals surface area contributed by atoms with Crippen LogP contribution in [0.4, 0.5) is 5.69 Å². The molecule has 110 valence electrons. The van der Waals surface area contributed by atoms with Crippen molar-refractivity contribution in [2.45, 2.75) is 0 Å². The van der Waals surface area contributed by atoms with Gasteiger partial charge in [-0.15, -0.1) is 0 Å². The average Bonchev–Trinajstić information content (AvgIpc) is 3.09. The van der Waals surface area contributed by atoms with Crippen molar-refractivity contribution in [2.24, 2.45) is 0 Å². The zero-order valence-electron chi connectivity index (χ0n) is 11.9. The Bertz CT molecular complexity index is 784. The predicted octanol–water partition coefficient (Wildman–Crippen LogP) is 2.53. The Kier molecular flexibility index (Phi) is 3.82. The monoisotopic (exact) mass is 294 g/mol. The highest BCUT2D eigenvalue weighted by molar-refractivity contribution is 6.05. The van der Waals surface area contributed by atoms with Gasteiger partial charge in [-0.3, -0.25) is 4.79 Å². The van der Waals surface area contributed by atoms with Crippen LogP contribution in [0.25, 0.3) is 5.69 Å². The van der Waals surface area contributed by atoms with Crippen LogP contribution >= 0.6 is 0 Å². The van der Waals surface area contributed by atoms with E-state index in [9.17, 15) is 4.79 Å². The van der Waals surface area contributed by atoms with Crippen LogP contribution in [0.15, 0.2) is 61.2 Å². The van der Waals surface area contributed by atoms with Gasteiger partial charge >= 0.3 is 0 Å². The Labute approximate surface area is 127 Å². The van der Waals surface area contributed by atoms with E-state index in [0.717, 1.165) is 5.69 Å². The highest BCUT2D eigenvalue weighted by atomic mass is 16.5. The van der Waals surface area contributed by atoms with E-state index < -0.39 is 0 Å². The number of ether oxygens (including phenoxy) is 1. The highest BCUT2D eigenvalue weighted by Gasteiger charge is 2.11. The Morgan fingerprint density at radius 3 is 2.82 bits per heavy atom. The quantitative estimate of drug-likeness (QED) is 0.802. The molecule has 0 aliphatic carbocycles. The second-order valence-electron chi connectivity index (χ2n) is 4.54. The Hall–Kier alpha value is -3.15. The molecule has 0 saturated carbocycles. The summed E-state index contributed by atoms with van der Waals surface area (Å²) in [5.74, 6) is 0.420. The van der Waals surface area contributed by atoms with Crippen LogP contribution in [-0.4, -0.2) is 27.8 Å². The van der Waals surface area contributed by atoms with Crippen molar-refractivity contribution in [3.63, 3.8) is 0 Å². The fourth-order valence-corrected chi connectivity index (χ4v) is 2.07. The molecule has 3 aromatic rings. The third-order valence-electron chi connectivity index (χ3n) is 3.15. The smallest absolute Gasteiger partial charge is 0.255 e. The largest absolute Gasteiger partial charge is 0.497 e. The molecule has 6 heteroatoms. The average molecular weight is 294 g/mol. The maximum atomic E-state index is 12.4. The maximum absolute atomic E-state index is 12.4. The molecule has 1 amide bonds. The lowest BCUT2D eigenvalue weighted by molar-refractivity contribution is 0.102. The lowest BCUT2D eigenvalue weighted by Gasteiger charge is -2.11. The zero-order chi connectivity index (χ0) is 15.4. The Balaban J connectivity index is 1.88. The molecule has 0 fully saturated rings. The van der Waals surface area contributed by atoms with Crippen molar-refractivity contribution >= 4 is 11.6 Å². The molecule has 6 nitrogen and oxygen atoms in total. The van der Waals surface area contributed by atoms with Crippen LogP contribution in [0.1, 0.15) is 10.4 Å². The molecule has 3 rings (SSSR count). The van der Waals surface area contributed by atoms with Gasteiger partial charge in [0.2, 0.25) is 0 Å². The first-order chi connectivity index (χ1) is 10.8. The summed E-state index contributed by atoms with van der Waals surface area (Å²) >= 11 is 0. The van der Waals surface area contributed by atoms with Crippen LogP contribution in [0, 0.1) is 0 Å². The van der Waals surface area contributed by atoms with Gasteiger partial charge in [0.15, 0.2) is 0 Å². The fourth-order valence-electron chi connectivity index (χ4n) is 2.07. The van der Waals surface area contributed by atoms with Gasteiger partial charge in [0.05, 0.1) is 18.5 Å². The lowest BCUT2D eigenvalue weighted by atomic mass is 10.2. The van der Waals surface area contributed by atoms with E-state index in [1.807, 2.05) is 24.3 Å². The number of anilines is 1. The molecule has 0 atom stereocenters. The normalized spacial score (nSPS) is 10.2. The van der Waals surface area contributed by atoms with Gasteiger partial charge in [0, 0.05) is 5.56 Å². The number of methoxy groups -OCH3 is 1. The summed E-state index contributed by atoms with van der Waals surface area (Å²) in [4.78, 5) is 16.3. The summed E-state index contributed by atoms with van der Waals surface area (Å²) in [5, 5.41) is 6.97. The van der Waals surface area contributed by atoms with Crippen LogP contribution in [0.3, 0.4) is 0 Å². The molecule has 0 unspecified atom stereocenters. The van der Waals surface area contributed by atoms with Gasteiger partial charge in [-0.1, -0.05) is 18.2 Å². The van der Waals surface area contributed by atoms with Crippen LogP contribution in [0.5, 0.6) is 5.75 Å². The Morgan fingerprint density at radius 1 is 1.18 bits per heavy atom. The number of benzene rings is 2. The molecule has 0 aliphatic heterocycles. The number of hydrogen-bond donors (Lipinski definition) is 1. The third-order valence-corrected chi connectivity index (χ3v) is 3.15. The number of amides is 1. The number of hydrogen-bond acceptors (Lipinski definition) is 4. The van der Waals surface area contributed by atoms with Gasteiger partial charge < -0.3 is 10.1 Å². The minimum absolute atomic E-state index is 0.216. The first-order valence-electron chi connectivity index (χ1n) is 6.67. The fraction of sp³-hybridized carbons (Fsp3) is 0.0625. The first kappa shape index (κ1) is 13.8. The third kappa shape index (κ3) is 2.80. The van der Waals surface area contributed by atoms with E-state index in [-0.39, 0.29) is 5.91 Å². The summed E-state index contributed by atoms with van der Waals surface area (Å²) < 4.78 is 6.73. The molecular formula is C16H14N4O2. The molecule has 0 radical (unpaired) electrons. The van der Waals surface area contributed by atoms with Crippen molar-refractivity contribution in [1.82, 2.24) is 14.8 Å². The summed E-state index contributed by atoms with van der Waals surface area (Å²) in [7, 11) is 1.57. The predicted molar refractivity (Wildman–Crippen MR) is 82.3 cm³/mol. The molecule has 0 saturated heterocycles. The van der Waals surface area contributed by atoms with E-state index in [2.05, 4.69) is 15.4 Å². The molecule has 0 bridgehead atoms. The summed E-state index contributed by atoms with van der Waals surface area (Å²) in [6.07, 6.45) is 3.02. The molecule has 0 aliphatic rings. The van der Waals surface area contributed by atoms with E-state index >= 15 is 0 Å². The number of carbonyl (C=O) groups excluding carboxylic acids is 1. The van der Waals surface area contributed by atoms with Crippen LogP contribution < -0.4 is 10.1 Å². The minimum Gasteiger partial charge on any atom is -0.497 e. The molecule has 2 aromatic carbocycles. The van der Waals surface area contributed by atoms with E-state index in [1.165, 1.54) is 6.33 Å². The second kappa shape index (κ2) is 6.09. The second-order valence-corrected chi connectivity index (χ2v) is 4.54. The number of nitrogens with zero attached hydrogens (tertiary/aromatic N) is 3. The lowest BCUT2D eigenvalue weighted by Crippen LogP contribution is -2.14. The molecule has 0 spiro atoms. The maximum Gasteiger partial charge on any atom is 0.255 e. The highest BCUT2D eigenvalue weighted by Crippen LogP contribution is 2.20. The zero-order valence-corrected chi connectivity index (χ0v) is 11.9. The SMILES string of the molecule is COc1cccc(C(=O)Nc2ccccc2-n2cncn2)c1. The van der Waals surface area contributed by atoms with Crippen molar-refractivity contribution in [3.05, 3.63) is 66.7 Å². The number of para-hydroxylation sites is 2. The van der Waals surface area contributed by atoms with Crippen molar-refractivity contribution in [3.8, 4) is 11.4 Å². The summed E-state index contributed by atoms with van der Waals surface area (Å²) in [6.45, 7) is 0. The van der Waals surface area contributed by atoms with Gasteiger partial charge in [-0.05, 0) is 30.3 Å². The number of aromatic nitrogens is 3. The van der Waals surface area contributed by atoms with Crippen LogP contribution in [-0.2, 0) is 0 Å². The summed E-state index contributed by atoms with van der Waals surface area (Å²) in [6, 6.07) is 14.4. The van der Waals surface area contributed by atoms with Gasteiger partial charge in [0.1, 0.15) is 18.4 Å². The van der Waals surface area contributed by atoms with E-state index in [4.69, 9.17) is 4.74 Å². The molecule has 1 heterocycles. The van der Waals surface area contributed by atoms with Gasteiger partial charge in [0.25, 0.3) is 5.91 Å². The molecule has 1 aromatic heterocycles. The van der Waals surface area contributed by atoms with Crippen molar-refractivity contribution in [1.29, 1.82) is 0 Å². The van der Waals surface area contributed by atoms with Gasteiger partial charge in [-0.2, -0.15) is 5.10 Å². The summed E-state index contributed by atoms with van der Waals surface area (Å²) in [5.41, 5.74) is 1.92. The number of nitrogens with one attached hydrogen (secondary N) is 1. The molecular weight excluding hydrogens is 280 g/mol. The number of carbonyl (C=O) groups is 1. The molecule has 1 N–H and O–H groups in total. The van der Waals surface area contributed by atoms with Crippen molar-refractivity contribution < 1.29 is 9.53 Å². The molecule has 22 heavy (non-hydrogen) atoms. The van der Waals surface area contributed by atoms with E-state index in [0.29, 0.717) is 17.0 Å². The van der Waals surface area contributed by atoms with E-state index in [1.54, 1.807) is 42.4 Å². The van der Waals surface area contributed by atoms with Crippen LogP contribution in [0.2, 0.25) is 0 Å². The topological polar surface area (TPSA) is 69.0 Å². The first-order valence-corrected chi connectivity index (χ1v) is 6.67. The standard InChI is InChI=1S/C16H14N4O2/c1-22-13-6-4-5-12(9-13)16(21)19-14-7-2-3-8-15(14)20-11-17-10-18-20/h2-11H,1H3,(H,19,21). The minimum atomic E-state index is -0.216. The Morgan fingerprint density at radius 2 is 2.05 bits per heavy atom.